The summed E-state index contributed by atoms with van der Waals surface area (Å²) in [6, 6.07) is 11.3. The molecule has 0 radical (unpaired) electrons. The maximum atomic E-state index is 13.4. The number of carbonyl (C=O) groups is 2. The fourth-order valence-electron chi connectivity index (χ4n) is 4.59. The molecule has 8 heteroatoms. The Bertz CT molecular complexity index is 1230. The van der Waals surface area contributed by atoms with Gasteiger partial charge in [-0.2, -0.15) is 0 Å². The van der Waals surface area contributed by atoms with Crippen molar-refractivity contribution in [2.75, 3.05) is 13.1 Å². The van der Waals surface area contributed by atoms with Crippen molar-refractivity contribution >= 4 is 11.9 Å². The molecule has 2 heterocycles. The highest BCUT2D eigenvalue weighted by atomic mass is 16.4. The summed E-state index contributed by atoms with van der Waals surface area (Å²) < 4.78 is 1.82. The van der Waals surface area contributed by atoms with Crippen LogP contribution >= 0.6 is 0 Å². The number of hydrogen-bond donors (Lipinski definition) is 4. The number of carboxylic acid groups (broad SMARTS) is 1. The number of aryl methyl sites for hydroxylation is 2. The highest BCUT2D eigenvalue weighted by Gasteiger charge is 2.29. The van der Waals surface area contributed by atoms with Crippen molar-refractivity contribution in [2.24, 2.45) is 0 Å². The van der Waals surface area contributed by atoms with Crippen LogP contribution in [-0.2, 0) is 0 Å². The largest absolute Gasteiger partial charge is 0.504 e. The van der Waals surface area contributed by atoms with Gasteiger partial charge in [0, 0.05) is 41.5 Å². The molecular formula is C25H26N2O6. The fourth-order valence-corrected chi connectivity index (χ4v) is 4.59. The van der Waals surface area contributed by atoms with Gasteiger partial charge in [0.05, 0.1) is 11.3 Å². The van der Waals surface area contributed by atoms with E-state index in [2.05, 4.69) is 0 Å². The Labute approximate surface area is 191 Å². The second-order valence-electron chi connectivity index (χ2n) is 8.45. The monoisotopic (exact) mass is 450 g/mol. The van der Waals surface area contributed by atoms with Crippen LogP contribution < -0.4 is 0 Å². The minimum atomic E-state index is -1.07. The Morgan fingerprint density at radius 1 is 0.939 bits per heavy atom. The highest BCUT2D eigenvalue weighted by molar-refractivity contribution is 5.98. The molecule has 1 atom stereocenters. The number of aromatic nitrogens is 1. The van der Waals surface area contributed by atoms with Crippen LogP contribution in [0.3, 0.4) is 0 Å². The zero-order valence-corrected chi connectivity index (χ0v) is 18.4. The normalized spacial score (nSPS) is 16.1. The number of benzene rings is 2. The van der Waals surface area contributed by atoms with Gasteiger partial charge in [-0.1, -0.05) is 6.07 Å². The number of piperidine rings is 1. The number of phenols is 3. The van der Waals surface area contributed by atoms with Crippen LogP contribution in [0, 0.1) is 13.8 Å². The summed E-state index contributed by atoms with van der Waals surface area (Å²) in [4.78, 5) is 26.9. The summed E-state index contributed by atoms with van der Waals surface area (Å²) in [7, 11) is 0. The van der Waals surface area contributed by atoms with E-state index in [4.69, 9.17) is 0 Å². The summed E-state index contributed by atoms with van der Waals surface area (Å²) >= 11 is 0. The molecule has 1 fully saturated rings. The number of rotatable bonds is 4. The molecule has 1 unspecified atom stereocenters. The summed E-state index contributed by atoms with van der Waals surface area (Å²) in [6.07, 6.45) is 1.42. The number of carbonyl (C=O) groups excluding carboxylic acids is 1. The molecule has 1 aliphatic rings. The fraction of sp³-hybridized carbons (Fsp3) is 0.280. The molecule has 1 saturated heterocycles. The van der Waals surface area contributed by atoms with E-state index in [-0.39, 0.29) is 23.1 Å². The average Bonchev–Trinajstić information content (AvgIpc) is 3.14. The summed E-state index contributed by atoms with van der Waals surface area (Å²) in [6.45, 7) is 4.61. The zero-order chi connectivity index (χ0) is 23.9. The molecule has 1 aliphatic heterocycles. The van der Waals surface area contributed by atoms with Crippen molar-refractivity contribution in [3.63, 3.8) is 0 Å². The van der Waals surface area contributed by atoms with Crippen molar-refractivity contribution in [1.82, 2.24) is 9.47 Å². The van der Waals surface area contributed by atoms with Crippen LogP contribution in [0.25, 0.3) is 5.69 Å². The van der Waals surface area contributed by atoms with E-state index < -0.39 is 17.5 Å². The smallest absolute Gasteiger partial charge is 0.337 e. The lowest BCUT2D eigenvalue weighted by molar-refractivity contribution is 0.0687. The van der Waals surface area contributed by atoms with E-state index in [9.17, 15) is 30.0 Å². The van der Waals surface area contributed by atoms with Gasteiger partial charge in [-0.3, -0.25) is 4.79 Å². The first kappa shape index (κ1) is 22.3. The molecule has 1 amide bonds. The number of aromatic hydroxyl groups is 3. The zero-order valence-electron chi connectivity index (χ0n) is 18.4. The third kappa shape index (κ3) is 4.00. The predicted octanol–water partition coefficient (Wildman–Crippen LogP) is 3.93. The van der Waals surface area contributed by atoms with Gasteiger partial charge in [0.25, 0.3) is 5.91 Å². The Balaban J connectivity index is 1.66. The molecule has 3 aromatic rings. The molecular weight excluding hydrogens is 424 g/mol. The van der Waals surface area contributed by atoms with Crippen LogP contribution in [0.1, 0.15) is 56.4 Å². The lowest BCUT2D eigenvalue weighted by Gasteiger charge is -2.33. The molecule has 8 nitrogen and oxygen atoms in total. The molecule has 2 aromatic carbocycles. The average molecular weight is 450 g/mol. The second-order valence-corrected chi connectivity index (χ2v) is 8.45. The molecule has 1 aromatic heterocycles. The van der Waals surface area contributed by atoms with Crippen molar-refractivity contribution in [3.8, 4) is 22.9 Å². The third-order valence-corrected chi connectivity index (χ3v) is 6.30. The maximum Gasteiger partial charge on any atom is 0.337 e. The van der Waals surface area contributed by atoms with Gasteiger partial charge >= 0.3 is 5.97 Å². The maximum absolute atomic E-state index is 13.4. The topological polar surface area (TPSA) is 123 Å². The molecule has 0 aliphatic carbocycles. The lowest BCUT2D eigenvalue weighted by Crippen LogP contribution is -2.39. The van der Waals surface area contributed by atoms with Gasteiger partial charge < -0.3 is 29.9 Å². The molecule has 4 N–H and O–H groups in total. The first-order chi connectivity index (χ1) is 15.7. The van der Waals surface area contributed by atoms with E-state index in [0.29, 0.717) is 42.7 Å². The van der Waals surface area contributed by atoms with Crippen molar-refractivity contribution in [1.29, 1.82) is 0 Å². The van der Waals surface area contributed by atoms with Gasteiger partial charge in [-0.15, -0.1) is 0 Å². The summed E-state index contributed by atoms with van der Waals surface area (Å²) in [5, 5.41) is 39.4. The number of aromatic carboxylic acids is 1. The van der Waals surface area contributed by atoms with Crippen molar-refractivity contribution < 1.29 is 30.0 Å². The second kappa shape index (κ2) is 8.54. The number of amides is 1. The number of likely N-dealkylation sites (tertiary alicyclic amines) is 1. The predicted molar refractivity (Wildman–Crippen MR) is 122 cm³/mol. The standard InChI is InChI=1S/C25H26N2O6/c1-14-5-6-15(2)27(14)20-12-16(7-8-19(20)25(32)33)24(31)26-11-3-4-17(13-26)18-9-10-21(28)23(30)22(18)29/h5-10,12,17,28-30H,3-4,11,13H2,1-2H3,(H,32,33). The summed E-state index contributed by atoms with van der Waals surface area (Å²) in [5.74, 6) is -2.86. The minimum Gasteiger partial charge on any atom is -0.504 e. The van der Waals surface area contributed by atoms with Crippen LogP contribution in [0.2, 0.25) is 0 Å². The molecule has 0 saturated carbocycles. The first-order valence-corrected chi connectivity index (χ1v) is 10.7. The van der Waals surface area contributed by atoms with Gasteiger partial charge in [0.15, 0.2) is 11.5 Å². The molecule has 4 rings (SSSR count). The van der Waals surface area contributed by atoms with Crippen molar-refractivity contribution in [3.05, 3.63) is 70.5 Å². The third-order valence-electron chi connectivity index (χ3n) is 6.30. The summed E-state index contributed by atoms with van der Waals surface area (Å²) in [5.41, 5.74) is 3.11. The minimum absolute atomic E-state index is 0.106. The molecule has 0 spiro atoms. The molecule has 0 bridgehead atoms. The van der Waals surface area contributed by atoms with E-state index >= 15 is 0 Å². The molecule has 33 heavy (non-hydrogen) atoms. The van der Waals surface area contributed by atoms with Crippen LogP contribution in [0.5, 0.6) is 17.2 Å². The van der Waals surface area contributed by atoms with Gasteiger partial charge in [0.2, 0.25) is 5.75 Å². The van der Waals surface area contributed by atoms with Crippen LogP contribution in [0.4, 0.5) is 0 Å². The number of phenolic OH excluding ortho intramolecular Hbond substituents is 3. The van der Waals surface area contributed by atoms with Crippen molar-refractivity contribution in [2.45, 2.75) is 32.6 Å². The SMILES string of the molecule is Cc1ccc(C)n1-c1cc(C(=O)N2CCCC(c3ccc(O)c(O)c3O)C2)ccc1C(=O)O. The Morgan fingerprint density at radius 3 is 2.30 bits per heavy atom. The van der Waals surface area contributed by atoms with E-state index in [0.717, 1.165) is 11.4 Å². The Morgan fingerprint density at radius 2 is 1.64 bits per heavy atom. The lowest BCUT2D eigenvalue weighted by atomic mass is 9.89. The number of carboxylic acids is 1. The van der Waals surface area contributed by atoms with Crippen LogP contribution in [0.15, 0.2) is 42.5 Å². The van der Waals surface area contributed by atoms with Crippen LogP contribution in [-0.4, -0.2) is 54.9 Å². The Hall–Kier alpha value is -3.94. The van der Waals surface area contributed by atoms with Gasteiger partial charge in [-0.05, 0) is 63.1 Å². The quantitative estimate of drug-likeness (QED) is 0.447. The number of nitrogens with zero attached hydrogens (tertiary/aromatic N) is 2. The first-order valence-electron chi connectivity index (χ1n) is 10.7. The highest BCUT2D eigenvalue weighted by Crippen LogP contribution is 2.42. The van der Waals surface area contributed by atoms with Gasteiger partial charge in [-0.25, -0.2) is 4.79 Å². The Kier molecular flexibility index (Phi) is 5.76. The van der Waals surface area contributed by atoms with E-state index in [1.165, 1.54) is 18.2 Å². The number of hydrogen-bond acceptors (Lipinski definition) is 5. The van der Waals surface area contributed by atoms with E-state index in [1.807, 2.05) is 30.5 Å². The van der Waals surface area contributed by atoms with Gasteiger partial charge in [0.1, 0.15) is 0 Å². The molecule has 172 valence electrons. The van der Waals surface area contributed by atoms with E-state index in [1.54, 1.807) is 17.0 Å².